The topological polar surface area (TPSA) is 86.7 Å². The van der Waals surface area contributed by atoms with Crippen molar-refractivity contribution in [3.05, 3.63) is 58.6 Å². The molecule has 2 fully saturated rings. The number of aliphatic hydroxyl groups is 1. The Bertz CT molecular complexity index is 1340. The molecule has 2 aliphatic carbocycles. The first-order valence-corrected chi connectivity index (χ1v) is 15.4. The normalized spacial score (nSPS) is 27.0. The molecule has 214 valence electrons. The van der Waals surface area contributed by atoms with E-state index in [4.69, 9.17) is 11.6 Å². The molecule has 2 bridgehead atoms. The minimum absolute atomic E-state index is 0.00592. The van der Waals surface area contributed by atoms with E-state index in [1.165, 1.54) is 24.3 Å². The van der Waals surface area contributed by atoms with E-state index in [-0.39, 0.29) is 51.0 Å². The number of anilines is 1. The van der Waals surface area contributed by atoms with E-state index in [1.807, 2.05) is 0 Å². The van der Waals surface area contributed by atoms with Gasteiger partial charge in [0.15, 0.2) is 21.5 Å². The average Bonchev–Trinajstić information content (AvgIpc) is 2.97. The summed E-state index contributed by atoms with van der Waals surface area (Å²) < 4.78 is 54.6. The van der Waals surface area contributed by atoms with Crippen molar-refractivity contribution in [3.8, 4) is 0 Å². The van der Waals surface area contributed by atoms with Crippen LogP contribution in [0, 0.1) is 29.4 Å². The monoisotopic (exact) mass is 582 g/mol. The zero-order valence-corrected chi connectivity index (χ0v) is 24.5. The number of rotatable bonds is 8. The molecule has 0 spiro atoms. The molecule has 5 atom stereocenters. The van der Waals surface area contributed by atoms with E-state index >= 15 is 0 Å². The fourth-order valence-electron chi connectivity index (χ4n) is 6.62. The number of halogens is 3. The van der Waals surface area contributed by atoms with Crippen LogP contribution in [0.1, 0.15) is 64.2 Å². The summed E-state index contributed by atoms with van der Waals surface area (Å²) in [6.45, 7) is 11.0. The molecule has 2 saturated carbocycles. The Labute approximate surface area is 234 Å². The first kappa shape index (κ1) is 29.9. The molecule has 4 rings (SSSR count). The fraction of sp³-hybridized carbons (Fsp3) is 0.552. The molecular weight excluding hydrogens is 546 g/mol. The van der Waals surface area contributed by atoms with Gasteiger partial charge < -0.3 is 10.4 Å². The average molecular weight is 583 g/mol. The van der Waals surface area contributed by atoms with Gasteiger partial charge in [-0.2, -0.15) is 0 Å². The number of sulfone groups is 1. The third-order valence-corrected chi connectivity index (χ3v) is 11.3. The molecule has 2 aromatic rings. The number of carbonyl (C=O) groups is 1. The van der Waals surface area contributed by atoms with Crippen molar-refractivity contribution in [2.75, 3.05) is 11.9 Å². The van der Waals surface area contributed by atoms with Crippen LogP contribution in [0.2, 0.25) is 5.02 Å². The Balaban J connectivity index is 1.58. The molecule has 2 aliphatic rings. The molecule has 6 nitrogen and oxygen atoms in total. The van der Waals surface area contributed by atoms with Crippen molar-refractivity contribution in [2.45, 2.75) is 81.7 Å². The maximum Gasteiger partial charge on any atom is 0.255 e. The fourth-order valence-corrected chi connectivity index (χ4v) is 9.00. The molecule has 0 aromatic heterocycles. The van der Waals surface area contributed by atoms with Crippen LogP contribution in [0.4, 0.5) is 14.5 Å². The van der Waals surface area contributed by atoms with Crippen LogP contribution in [-0.2, 0) is 9.84 Å². The summed E-state index contributed by atoms with van der Waals surface area (Å²) in [6, 6.07) is 7.41. The smallest absolute Gasteiger partial charge is 0.255 e. The highest BCUT2D eigenvalue weighted by atomic mass is 35.5. The van der Waals surface area contributed by atoms with E-state index in [9.17, 15) is 27.1 Å². The van der Waals surface area contributed by atoms with Gasteiger partial charge in [-0.25, -0.2) is 17.2 Å². The van der Waals surface area contributed by atoms with Gasteiger partial charge in [-0.3, -0.25) is 9.69 Å². The van der Waals surface area contributed by atoms with E-state index in [2.05, 4.69) is 44.8 Å². The number of hydrogen-bond donors (Lipinski definition) is 2. The minimum Gasteiger partial charge on any atom is -0.388 e. The first-order valence-electron chi connectivity index (χ1n) is 13.4. The van der Waals surface area contributed by atoms with Crippen LogP contribution in [0.3, 0.4) is 0 Å². The number of benzene rings is 2. The van der Waals surface area contributed by atoms with Crippen molar-refractivity contribution in [3.63, 3.8) is 0 Å². The highest BCUT2D eigenvalue weighted by Crippen LogP contribution is 2.55. The quantitative estimate of drug-likeness (QED) is 0.403. The Morgan fingerprint density at radius 1 is 1.08 bits per heavy atom. The highest BCUT2D eigenvalue weighted by Gasteiger charge is 2.59. The molecule has 1 amide bonds. The van der Waals surface area contributed by atoms with E-state index in [1.54, 1.807) is 0 Å². The lowest BCUT2D eigenvalue weighted by Gasteiger charge is -2.47. The second-order valence-electron chi connectivity index (χ2n) is 11.7. The summed E-state index contributed by atoms with van der Waals surface area (Å²) in [7, 11) is -3.94. The molecule has 2 N–H and O–H groups in total. The number of nitrogens with one attached hydrogen (secondary N) is 1. The van der Waals surface area contributed by atoms with Crippen molar-refractivity contribution in [1.82, 2.24) is 4.90 Å². The largest absolute Gasteiger partial charge is 0.388 e. The Morgan fingerprint density at radius 2 is 1.74 bits per heavy atom. The van der Waals surface area contributed by atoms with Gasteiger partial charge in [0.05, 0.1) is 20.8 Å². The van der Waals surface area contributed by atoms with Crippen LogP contribution in [0.15, 0.2) is 41.3 Å². The van der Waals surface area contributed by atoms with Gasteiger partial charge in [-0.1, -0.05) is 18.5 Å². The number of fused-ring (bicyclic) bond motifs is 2. The molecule has 2 aromatic carbocycles. The highest BCUT2D eigenvalue weighted by molar-refractivity contribution is 7.92. The summed E-state index contributed by atoms with van der Waals surface area (Å²) in [6.07, 6.45) is 1.37. The van der Waals surface area contributed by atoms with Crippen LogP contribution < -0.4 is 5.32 Å². The van der Waals surface area contributed by atoms with Crippen LogP contribution >= 0.6 is 11.6 Å². The molecular formula is C29H37ClF2N2O4S. The zero-order chi connectivity index (χ0) is 28.9. The molecule has 39 heavy (non-hydrogen) atoms. The van der Waals surface area contributed by atoms with Crippen molar-refractivity contribution < 1.29 is 27.1 Å². The lowest BCUT2D eigenvalue weighted by Crippen LogP contribution is -2.57. The summed E-state index contributed by atoms with van der Waals surface area (Å²) in [4.78, 5) is 14.9. The Hall–Kier alpha value is -2.07. The van der Waals surface area contributed by atoms with Crippen LogP contribution in [-0.4, -0.2) is 53.8 Å². The summed E-state index contributed by atoms with van der Waals surface area (Å²) >= 11 is 6.36. The third-order valence-electron chi connectivity index (χ3n) is 8.64. The second kappa shape index (κ2) is 11.1. The van der Waals surface area contributed by atoms with Gasteiger partial charge in [-0.05, 0) is 95.0 Å². The standard InChI is InChI=1S/C29H37ClF2N2O4S/c1-16(2)34(17(3)4)15-29(36)20-10-18(5)23(29)14-22(12-20)39(37,38)27-11-19(6-8-24(27)30)28(35)33-21-7-9-25(31)26(32)13-21/h6-9,11,13,16-18,20,22-23,36H,10,12,14-15H2,1-5H3,(H,33,35)/t18-,20?,22+,23?,29+/m0/s1. The van der Waals surface area contributed by atoms with E-state index in [0.717, 1.165) is 18.6 Å². The van der Waals surface area contributed by atoms with Crippen LogP contribution in [0.25, 0.3) is 0 Å². The Morgan fingerprint density at radius 3 is 2.33 bits per heavy atom. The summed E-state index contributed by atoms with van der Waals surface area (Å²) in [5.41, 5.74) is -0.918. The lowest BCUT2D eigenvalue weighted by atomic mass is 9.72. The number of amides is 1. The number of nitrogens with zero attached hydrogens (tertiary/aromatic N) is 1. The maximum atomic E-state index is 13.9. The van der Waals surface area contributed by atoms with Crippen LogP contribution in [0.5, 0.6) is 0 Å². The summed E-state index contributed by atoms with van der Waals surface area (Å²) in [5, 5.41) is 13.7. The number of hydrogen-bond acceptors (Lipinski definition) is 5. The molecule has 0 aliphatic heterocycles. The van der Waals surface area contributed by atoms with Gasteiger partial charge in [-0.15, -0.1) is 0 Å². The molecule has 0 radical (unpaired) electrons. The minimum atomic E-state index is -3.94. The molecule has 10 heteroatoms. The molecule has 0 saturated heterocycles. The predicted octanol–water partition coefficient (Wildman–Crippen LogP) is 5.93. The first-order chi connectivity index (χ1) is 18.1. The zero-order valence-electron chi connectivity index (χ0n) is 22.9. The van der Waals surface area contributed by atoms with E-state index in [0.29, 0.717) is 19.4 Å². The van der Waals surface area contributed by atoms with E-state index < -0.39 is 38.2 Å². The Kier molecular flexibility index (Phi) is 8.49. The maximum absolute atomic E-state index is 13.9. The third kappa shape index (κ3) is 5.73. The SMILES string of the molecule is CC(C)N(C[C@@]1(O)C2C[C@@H](S(=O)(=O)c3cc(C(=O)Nc4ccc(F)c(F)c4)ccc3Cl)CC1[C@@H](C)C2)C(C)C. The van der Waals surface area contributed by atoms with Gasteiger partial charge in [0.25, 0.3) is 5.91 Å². The van der Waals surface area contributed by atoms with Crippen molar-refractivity contribution >= 4 is 33.0 Å². The van der Waals surface area contributed by atoms with Gasteiger partial charge in [0, 0.05) is 35.9 Å². The second-order valence-corrected chi connectivity index (χ2v) is 14.3. The van der Waals surface area contributed by atoms with Gasteiger partial charge in [0.1, 0.15) is 0 Å². The lowest BCUT2D eigenvalue weighted by molar-refractivity contribution is -0.0945. The number of carbonyl (C=O) groups excluding carboxylic acids is 1. The summed E-state index contributed by atoms with van der Waals surface area (Å²) in [5.74, 6) is -3.03. The van der Waals surface area contributed by atoms with Gasteiger partial charge >= 0.3 is 0 Å². The predicted molar refractivity (Wildman–Crippen MR) is 149 cm³/mol. The van der Waals surface area contributed by atoms with Crippen molar-refractivity contribution in [1.29, 1.82) is 0 Å². The van der Waals surface area contributed by atoms with Crippen molar-refractivity contribution in [2.24, 2.45) is 17.8 Å². The molecule has 2 unspecified atom stereocenters. The van der Waals surface area contributed by atoms with Gasteiger partial charge in [0.2, 0.25) is 0 Å². The molecule has 0 heterocycles.